The number of benzene rings is 2. The zero-order valence-corrected chi connectivity index (χ0v) is 19.9. The SMILES string of the molecule is COc1ccc(OC)c([C@H]2CCCN2C(=O)CN2C(=O)N[C@@](C)(CCc3ccccc3)C2=O)c1. The van der Waals surface area contributed by atoms with Gasteiger partial charge in [0, 0.05) is 12.1 Å². The fourth-order valence-electron chi connectivity index (χ4n) is 4.81. The van der Waals surface area contributed by atoms with E-state index in [2.05, 4.69) is 5.32 Å². The van der Waals surface area contributed by atoms with E-state index in [9.17, 15) is 14.4 Å². The minimum absolute atomic E-state index is 0.206. The van der Waals surface area contributed by atoms with Gasteiger partial charge in [0.1, 0.15) is 23.6 Å². The van der Waals surface area contributed by atoms with E-state index in [1.807, 2.05) is 48.5 Å². The number of amides is 4. The Labute approximate surface area is 199 Å². The van der Waals surface area contributed by atoms with E-state index in [0.29, 0.717) is 30.9 Å². The van der Waals surface area contributed by atoms with Crippen molar-refractivity contribution in [2.45, 2.75) is 44.2 Å². The molecule has 2 aliphatic rings. The fourth-order valence-corrected chi connectivity index (χ4v) is 4.81. The van der Waals surface area contributed by atoms with Crippen molar-refractivity contribution < 1.29 is 23.9 Å². The van der Waals surface area contributed by atoms with E-state index < -0.39 is 11.6 Å². The molecule has 0 unspecified atom stereocenters. The molecular formula is C26H31N3O5. The summed E-state index contributed by atoms with van der Waals surface area (Å²) in [5.41, 5.74) is 0.915. The Morgan fingerprint density at radius 2 is 1.88 bits per heavy atom. The first kappa shape index (κ1) is 23.6. The molecule has 2 aromatic rings. The molecule has 1 N–H and O–H groups in total. The van der Waals surface area contributed by atoms with E-state index in [-0.39, 0.29) is 24.4 Å². The van der Waals surface area contributed by atoms with Crippen LogP contribution >= 0.6 is 0 Å². The second-order valence-corrected chi connectivity index (χ2v) is 8.99. The van der Waals surface area contributed by atoms with Gasteiger partial charge in [-0.1, -0.05) is 30.3 Å². The molecule has 34 heavy (non-hydrogen) atoms. The van der Waals surface area contributed by atoms with E-state index in [1.165, 1.54) is 0 Å². The van der Waals surface area contributed by atoms with Crippen molar-refractivity contribution in [3.8, 4) is 11.5 Å². The number of imide groups is 1. The third kappa shape index (κ3) is 4.58. The number of methoxy groups -OCH3 is 2. The summed E-state index contributed by atoms with van der Waals surface area (Å²) in [7, 11) is 3.19. The third-order valence-corrected chi connectivity index (χ3v) is 6.76. The molecule has 4 amide bonds. The van der Waals surface area contributed by atoms with E-state index in [0.717, 1.165) is 28.9 Å². The van der Waals surface area contributed by atoms with Gasteiger partial charge in [-0.2, -0.15) is 0 Å². The normalized spacial score (nSPS) is 22.1. The quantitative estimate of drug-likeness (QED) is 0.605. The zero-order valence-electron chi connectivity index (χ0n) is 19.9. The highest BCUT2D eigenvalue weighted by atomic mass is 16.5. The van der Waals surface area contributed by atoms with Crippen LogP contribution in [0.5, 0.6) is 11.5 Å². The Hall–Kier alpha value is -3.55. The van der Waals surface area contributed by atoms with Crippen molar-refractivity contribution in [2.24, 2.45) is 0 Å². The lowest BCUT2D eigenvalue weighted by molar-refractivity contribution is -0.139. The average Bonchev–Trinajstić information content (AvgIpc) is 3.42. The summed E-state index contributed by atoms with van der Waals surface area (Å²) in [6.07, 6.45) is 2.70. The summed E-state index contributed by atoms with van der Waals surface area (Å²) in [4.78, 5) is 41.9. The molecule has 8 nitrogen and oxygen atoms in total. The van der Waals surface area contributed by atoms with Crippen LogP contribution in [-0.4, -0.2) is 60.5 Å². The van der Waals surface area contributed by atoms with Gasteiger partial charge >= 0.3 is 6.03 Å². The highest BCUT2D eigenvalue weighted by Gasteiger charge is 2.48. The summed E-state index contributed by atoms with van der Waals surface area (Å²) >= 11 is 0. The predicted molar refractivity (Wildman–Crippen MR) is 127 cm³/mol. The highest BCUT2D eigenvalue weighted by Crippen LogP contribution is 2.39. The van der Waals surface area contributed by atoms with Gasteiger partial charge < -0.3 is 19.7 Å². The van der Waals surface area contributed by atoms with Gasteiger partial charge in [0.2, 0.25) is 5.91 Å². The van der Waals surface area contributed by atoms with Crippen LogP contribution in [0.1, 0.15) is 43.4 Å². The molecule has 2 heterocycles. The molecule has 2 fully saturated rings. The Morgan fingerprint density at radius 3 is 2.59 bits per heavy atom. The van der Waals surface area contributed by atoms with Gasteiger partial charge in [-0.05, 0) is 56.4 Å². The molecule has 2 saturated heterocycles. The van der Waals surface area contributed by atoms with E-state index in [1.54, 1.807) is 26.0 Å². The van der Waals surface area contributed by atoms with Crippen molar-refractivity contribution in [2.75, 3.05) is 27.3 Å². The summed E-state index contributed by atoms with van der Waals surface area (Å²) in [6, 6.07) is 14.6. The maximum atomic E-state index is 13.3. The number of nitrogens with zero attached hydrogens (tertiary/aromatic N) is 2. The average molecular weight is 466 g/mol. The molecule has 180 valence electrons. The number of carbonyl (C=O) groups excluding carboxylic acids is 3. The van der Waals surface area contributed by atoms with Gasteiger partial charge in [-0.25, -0.2) is 4.79 Å². The lowest BCUT2D eigenvalue weighted by atomic mass is 9.93. The van der Waals surface area contributed by atoms with Crippen LogP contribution < -0.4 is 14.8 Å². The van der Waals surface area contributed by atoms with Crippen molar-refractivity contribution in [3.05, 3.63) is 59.7 Å². The molecule has 2 atom stereocenters. The monoisotopic (exact) mass is 465 g/mol. The molecule has 0 aliphatic carbocycles. The van der Waals surface area contributed by atoms with Gasteiger partial charge in [0.15, 0.2) is 0 Å². The second kappa shape index (κ2) is 9.75. The first-order valence-electron chi connectivity index (χ1n) is 11.6. The van der Waals surface area contributed by atoms with Gasteiger partial charge in [0.05, 0.1) is 20.3 Å². The number of nitrogens with one attached hydrogen (secondary N) is 1. The van der Waals surface area contributed by atoms with E-state index >= 15 is 0 Å². The predicted octanol–water partition coefficient (Wildman–Crippen LogP) is 3.31. The molecule has 0 aromatic heterocycles. The van der Waals surface area contributed by atoms with Gasteiger partial charge in [-0.15, -0.1) is 0 Å². The van der Waals surface area contributed by atoms with Crippen LogP contribution in [0, 0.1) is 0 Å². The van der Waals surface area contributed by atoms with Crippen LogP contribution in [0.3, 0.4) is 0 Å². The molecule has 0 radical (unpaired) electrons. The number of carbonyl (C=O) groups is 3. The number of aryl methyl sites for hydroxylation is 1. The molecule has 0 saturated carbocycles. The number of rotatable bonds is 8. The van der Waals surface area contributed by atoms with Gasteiger partial charge in [0.25, 0.3) is 5.91 Å². The summed E-state index contributed by atoms with van der Waals surface area (Å²) in [6.45, 7) is 1.99. The molecule has 0 bridgehead atoms. The number of hydrogen-bond donors (Lipinski definition) is 1. The minimum atomic E-state index is -1.03. The molecule has 0 spiro atoms. The minimum Gasteiger partial charge on any atom is -0.497 e. The topological polar surface area (TPSA) is 88.2 Å². The van der Waals surface area contributed by atoms with Gasteiger partial charge in [-0.3, -0.25) is 14.5 Å². The molecule has 2 aromatic carbocycles. The number of likely N-dealkylation sites (tertiary alicyclic amines) is 1. The number of urea groups is 1. The Morgan fingerprint density at radius 1 is 1.12 bits per heavy atom. The van der Waals surface area contributed by atoms with Crippen molar-refractivity contribution in [1.29, 1.82) is 0 Å². The highest BCUT2D eigenvalue weighted by molar-refractivity contribution is 6.08. The van der Waals surface area contributed by atoms with Crippen LogP contribution in [0.4, 0.5) is 4.79 Å². The maximum absolute atomic E-state index is 13.3. The van der Waals surface area contributed by atoms with Crippen LogP contribution in [0.2, 0.25) is 0 Å². The zero-order chi connectivity index (χ0) is 24.3. The smallest absolute Gasteiger partial charge is 0.325 e. The maximum Gasteiger partial charge on any atom is 0.325 e. The summed E-state index contributed by atoms with van der Waals surface area (Å²) in [5.74, 6) is 0.729. The Kier molecular flexibility index (Phi) is 6.77. The van der Waals surface area contributed by atoms with Crippen molar-refractivity contribution >= 4 is 17.8 Å². The standard InChI is InChI=1S/C26H31N3O5/c1-26(14-13-18-8-5-4-6-9-18)24(31)29(25(32)27-26)17-23(30)28-15-7-10-21(28)20-16-19(33-2)11-12-22(20)34-3/h4-6,8-9,11-12,16,21H,7,10,13-15,17H2,1-3H3,(H,27,32)/t21-,26+/m1/s1. The third-order valence-electron chi connectivity index (χ3n) is 6.76. The second-order valence-electron chi connectivity index (χ2n) is 8.99. The molecule has 8 heteroatoms. The van der Waals surface area contributed by atoms with Crippen LogP contribution in [0.15, 0.2) is 48.5 Å². The summed E-state index contributed by atoms with van der Waals surface area (Å²) < 4.78 is 10.9. The van der Waals surface area contributed by atoms with E-state index in [4.69, 9.17) is 9.47 Å². The molecular weight excluding hydrogens is 434 g/mol. The lowest BCUT2D eigenvalue weighted by Gasteiger charge is -2.28. The largest absolute Gasteiger partial charge is 0.497 e. The van der Waals surface area contributed by atoms with Crippen molar-refractivity contribution in [1.82, 2.24) is 15.1 Å². The Balaban J connectivity index is 1.46. The lowest BCUT2D eigenvalue weighted by Crippen LogP contribution is -2.46. The summed E-state index contributed by atoms with van der Waals surface area (Å²) in [5, 5.41) is 2.80. The first-order valence-corrected chi connectivity index (χ1v) is 11.6. The first-order chi connectivity index (χ1) is 16.4. The molecule has 4 rings (SSSR count). The Bertz CT molecular complexity index is 1070. The van der Waals surface area contributed by atoms with Crippen molar-refractivity contribution in [3.63, 3.8) is 0 Å². The van der Waals surface area contributed by atoms with Crippen LogP contribution in [-0.2, 0) is 16.0 Å². The number of hydrogen-bond acceptors (Lipinski definition) is 5. The van der Waals surface area contributed by atoms with Crippen LogP contribution in [0.25, 0.3) is 0 Å². The molecule has 2 aliphatic heterocycles. The fraction of sp³-hybridized carbons (Fsp3) is 0.423. The number of ether oxygens (including phenoxy) is 2.